The van der Waals surface area contributed by atoms with Gasteiger partial charge in [0.05, 0.1) is 5.56 Å². The van der Waals surface area contributed by atoms with E-state index in [4.69, 9.17) is 5.11 Å². The van der Waals surface area contributed by atoms with Gasteiger partial charge >= 0.3 is 12.1 Å². The van der Waals surface area contributed by atoms with Crippen LogP contribution in [0.15, 0.2) is 24.3 Å². The van der Waals surface area contributed by atoms with Gasteiger partial charge in [0.25, 0.3) is 0 Å². The number of amides is 1. The van der Waals surface area contributed by atoms with Crippen molar-refractivity contribution in [2.75, 3.05) is 6.54 Å². The predicted octanol–water partition coefficient (Wildman–Crippen LogP) is 2.88. The summed E-state index contributed by atoms with van der Waals surface area (Å²) in [6.45, 7) is 0.404. The molecule has 1 aliphatic heterocycles. The molecular formula is C16H16F3NO3. The van der Waals surface area contributed by atoms with Crippen LogP contribution in [0.1, 0.15) is 36.3 Å². The van der Waals surface area contributed by atoms with Crippen molar-refractivity contribution in [3.05, 3.63) is 35.4 Å². The van der Waals surface area contributed by atoms with E-state index in [1.807, 2.05) is 0 Å². The van der Waals surface area contributed by atoms with Gasteiger partial charge in [-0.3, -0.25) is 4.79 Å². The summed E-state index contributed by atoms with van der Waals surface area (Å²) in [7, 11) is 0. The summed E-state index contributed by atoms with van der Waals surface area (Å²) in [6, 6.07) is 4.21. The molecule has 3 rings (SSSR count). The van der Waals surface area contributed by atoms with Gasteiger partial charge < -0.3 is 10.0 Å². The van der Waals surface area contributed by atoms with Crippen LogP contribution in [0.2, 0.25) is 0 Å². The molecule has 124 valence electrons. The summed E-state index contributed by atoms with van der Waals surface area (Å²) in [4.78, 5) is 24.9. The number of carbonyl (C=O) groups is 2. The minimum absolute atomic E-state index is 0.250. The monoisotopic (exact) mass is 327 g/mol. The van der Waals surface area contributed by atoms with Crippen LogP contribution in [0, 0.1) is 5.92 Å². The van der Waals surface area contributed by atoms with Crippen molar-refractivity contribution in [1.29, 1.82) is 0 Å². The molecule has 0 bridgehead atoms. The van der Waals surface area contributed by atoms with Crippen LogP contribution < -0.4 is 0 Å². The topological polar surface area (TPSA) is 57.6 Å². The lowest BCUT2D eigenvalue weighted by Crippen LogP contribution is -2.41. The fourth-order valence-corrected chi connectivity index (χ4v) is 3.28. The predicted molar refractivity (Wildman–Crippen MR) is 74.7 cm³/mol. The van der Waals surface area contributed by atoms with E-state index in [2.05, 4.69) is 0 Å². The smallest absolute Gasteiger partial charge is 0.416 e. The third kappa shape index (κ3) is 3.04. The lowest BCUT2D eigenvalue weighted by Gasteiger charge is -2.21. The van der Waals surface area contributed by atoms with Gasteiger partial charge in [-0.25, -0.2) is 4.79 Å². The Morgan fingerprint density at radius 2 is 2.00 bits per heavy atom. The summed E-state index contributed by atoms with van der Waals surface area (Å²) in [5, 5.41) is 9.12. The quantitative estimate of drug-likeness (QED) is 0.929. The van der Waals surface area contributed by atoms with Crippen molar-refractivity contribution in [1.82, 2.24) is 4.90 Å². The first-order chi connectivity index (χ1) is 10.8. The van der Waals surface area contributed by atoms with E-state index in [0.717, 1.165) is 12.1 Å². The van der Waals surface area contributed by atoms with Gasteiger partial charge in [0.1, 0.15) is 6.04 Å². The molecule has 23 heavy (non-hydrogen) atoms. The van der Waals surface area contributed by atoms with E-state index in [1.54, 1.807) is 6.07 Å². The zero-order valence-electron chi connectivity index (χ0n) is 12.2. The van der Waals surface area contributed by atoms with Gasteiger partial charge in [0.15, 0.2) is 0 Å². The summed E-state index contributed by atoms with van der Waals surface area (Å²) >= 11 is 0. The molecule has 1 heterocycles. The van der Waals surface area contributed by atoms with Gasteiger partial charge in [0.2, 0.25) is 5.91 Å². The standard InChI is InChI=1S/C16H16F3NO3/c17-16(18,19)10-4-1-3-9(7-10)11-8-12(11)14(21)20-6-2-5-13(20)15(22)23/h1,3-4,7,11-13H,2,5-6,8H2,(H,22,23)/t11?,12?,13-/m0/s1. The third-order valence-corrected chi connectivity index (χ3v) is 4.57. The fraction of sp³-hybridized carbons (Fsp3) is 0.500. The molecule has 4 nitrogen and oxygen atoms in total. The first-order valence-corrected chi connectivity index (χ1v) is 7.49. The second kappa shape index (κ2) is 5.54. The van der Waals surface area contributed by atoms with E-state index in [9.17, 15) is 22.8 Å². The van der Waals surface area contributed by atoms with Crippen molar-refractivity contribution in [2.45, 2.75) is 37.4 Å². The number of aliphatic carboxylic acids is 1. The van der Waals surface area contributed by atoms with Crippen molar-refractivity contribution in [3.63, 3.8) is 0 Å². The highest BCUT2D eigenvalue weighted by molar-refractivity contribution is 5.88. The highest BCUT2D eigenvalue weighted by Gasteiger charge is 2.49. The summed E-state index contributed by atoms with van der Waals surface area (Å²) in [5.74, 6) is -1.93. The number of nitrogens with zero attached hydrogens (tertiary/aromatic N) is 1. The van der Waals surface area contributed by atoms with Gasteiger partial charge in [-0.2, -0.15) is 13.2 Å². The zero-order chi connectivity index (χ0) is 16.8. The number of halogens is 3. The van der Waals surface area contributed by atoms with Crippen LogP contribution in [0.3, 0.4) is 0 Å². The summed E-state index contributed by atoms with van der Waals surface area (Å²) < 4.78 is 38.3. The van der Waals surface area contributed by atoms with Crippen molar-refractivity contribution >= 4 is 11.9 Å². The SMILES string of the molecule is O=C(O)[C@@H]1CCCN1C(=O)C1CC1c1cccc(C(F)(F)F)c1. The Bertz CT molecular complexity index is 644. The third-order valence-electron chi connectivity index (χ3n) is 4.57. The highest BCUT2D eigenvalue weighted by atomic mass is 19.4. The number of hydrogen-bond acceptors (Lipinski definition) is 2. The van der Waals surface area contributed by atoms with Crippen LogP contribution >= 0.6 is 0 Å². The minimum atomic E-state index is -4.41. The van der Waals surface area contributed by atoms with Crippen LogP contribution in [-0.4, -0.2) is 34.5 Å². The second-order valence-corrected chi connectivity index (χ2v) is 6.10. The molecule has 7 heteroatoms. The maximum Gasteiger partial charge on any atom is 0.416 e. The molecule has 2 fully saturated rings. The van der Waals surface area contributed by atoms with E-state index < -0.39 is 29.7 Å². The summed E-state index contributed by atoms with van der Waals surface area (Å²) in [5.41, 5.74) is -0.234. The maximum absolute atomic E-state index is 12.8. The number of benzene rings is 1. The first kappa shape index (κ1) is 15.8. The van der Waals surface area contributed by atoms with Crippen molar-refractivity contribution < 1.29 is 27.9 Å². The molecule has 2 aliphatic rings. The maximum atomic E-state index is 12.8. The van der Waals surface area contributed by atoms with Crippen molar-refractivity contribution in [3.8, 4) is 0 Å². The van der Waals surface area contributed by atoms with E-state index >= 15 is 0 Å². The number of carboxylic acid groups (broad SMARTS) is 1. The average molecular weight is 327 g/mol. The molecule has 0 spiro atoms. The number of carbonyl (C=O) groups excluding carboxylic acids is 1. The molecule has 1 amide bonds. The molecule has 1 aliphatic carbocycles. The molecule has 1 aromatic carbocycles. The van der Waals surface area contributed by atoms with Crippen LogP contribution in [0.4, 0.5) is 13.2 Å². The highest BCUT2D eigenvalue weighted by Crippen LogP contribution is 2.49. The van der Waals surface area contributed by atoms with E-state index in [1.165, 1.54) is 11.0 Å². The number of alkyl halides is 3. The zero-order valence-corrected chi connectivity index (χ0v) is 12.2. The van der Waals surface area contributed by atoms with E-state index in [0.29, 0.717) is 31.4 Å². The minimum Gasteiger partial charge on any atom is -0.480 e. The average Bonchev–Trinajstić information content (AvgIpc) is 3.13. The number of rotatable bonds is 3. The number of likely N-dealkylation sites (tertiary alicyclic amines) is 1. The van der Waals surface area contributed by atoms with Crippen LogP contribution in [-0.2, 0) is 15.8 Å². The fourth-order valence-electron chi connectivity index (χ4n) is 3.28. The Morgan fingerprint density at radius 3 is 2.65 bits per heavy atom. The first-order valence-electron chi connectivity index (χ1n) is 7.49. The van der Waals surface area contributed by atoms with Gasteiger partial charge in [-0.05, 0) is 36.8 Å². The molecule has 1 saturated heterocycles. The Balaban J connectivity index is 1.72. The Kier molecular flexibility index (Phi) is 3.82. The second-order valence-electron chi connectivity index (χ2n) is 6.10. The van der Waals surface area contributed by atoms with Crippen molar-refractivity contribution in [2.24, 2.45) is 5.92 Å². The largest absolute Gasteiger partial charge is 0.480 e. The van der Waals surface area contributed by atoms with Crippen LogP contribution in [0.5, 0.6) is 0 Å². The molecule has 3 atom stereocenters. The Morgan fingerprint density at radius 1 is 1.26 bits per heavy atom. The molecule has 0 aromatic heterocycles. The van der Waals surface area contributed by atoms with E-state index in [-0.39, 0.29) is 11.8 Å². The molecule has 1 N–H and O–H groups in total. The normalized spacial score (nSPS) is 27.1. The Hall–Kier alpha value is -2.05. The lowest BCUT2D eigenvalue weighted by molar-refractivity contribution is -0.148. The number of carboxylic acids is 1. The lowest BCUT2D eigenvalue weighted by atomic mass is 10.0. The van der Waals surface area contributed by atoms with Gasteiger partial charge in [-0.1, -0.05) is 18.2 Å². The number of hydrogen-bond donors (Lipinski definition) is 1. The molecule has 1 saturated carbocycles. The molecular weight excluding hydrogens is 311 g/mol. The van der Waals surface area contributed by atoms with Gasteiger partial charge in [0, 0.05) is 12.5 Å². The van der Waals surface area contributed by atoms with Gasteiger partial charge in [-0.15, -0.1) is 0 Å². The van der Waals surface area contributed by atoms with Crippen LogP contribution in [0.25, 0.3) is 0 Å². The molecule has 2 unspecified atom stereocenters. The summed E-state index contributed by atoms with van der Waals surface area (Å²) in [6.07, 6.45) is -2.86. The Labute approximate surface area is 130 Å². The molecule has 0 radical (unpaired) electrons. The molecule has 1 aromatic rings.